The second kappa shape index (κ2) is 5.47. The molecule has 0 aromatic carbocycles. The molecule has 15 heavy (non-hydrogen) atoms. The minimum Gasteiger partial charge on any atom is -0.339 e. The minimum absolute atomic E-state index is 0.122. The molecule has 1 amide bonds. The third kappa shape index (κ3) is 3.18. The summed E-state index contributed by atoms with van der Waals surface area (Å²) in [6.07, 6.45) is 1.76. The lowest BCUT2D eigenvalue weighted by atomic mass is 10.1. The van der Waals surface area contributed by atoms with Crippen LogP contribution in [0, 0.1) is 0 Å². The van der Waals surface area contributed by atoms with Gasteiger partial charge in [0.2, 0.25) is 5.91 Å². The van der Waals surface area contributed by atoms with Crippen LogP contribution in [0.2, 0.25) is 0 Å². The van der Waals surface area contributed by atoms with Crippen molar-refractivity contribution in [2.45, 2.75) is 38.8 Å². The molecule has 2 unspecified atom stereocenters. The average Bonchev–Trinajstić information content (AvgIpc) is 2.21. The number of carbonyl (C=O) groups is 1. The van der Waals surface area contributed by atoms with Gasteiger partial charge in [-0.05, 0) is 20.4 Å². The van der Waals surface area contributed by atoms with Crippen LogP contribution >= 0.6 is 0 Å². The summed E-state index contributed by atoms with van der Waals surface area (Å²) >= 11 is 0. The van der Waals surface area contributed by atoms with Crippen LogP contribution in [0.5, 0.6) is 0 Å². The number of piperazine rings is 1. The van der Waals surface area contributed by atoms with E-state index >= 15 is 0 Å². The van der Waals surface area contributed by atoms with Gasteiger partial charge in [-0.3, -0.25) is 4.79 Å². The van der Waals surface area contributed by atoms with Gasteiger partial charge in [0.15, 0.2) is 0 Å². The van der Waals surface area contributed by atoms with Crippen molar-refractivity contribution in [2.75, 3.05) is 26.7 Å². The van der Waals surface area contributed by atoms with Crippen molar-refractivity contribution in [3.63, 3.8) is 0 Å². The molecule has 0 aromatic rings. The minimum atomic E-state index is -0.300. The Bertz CT molecular complexity index is 220. The van der Waals surface area contributed by atoms with Gasteiger partial charge in [-0.2, -0.15) is 0 Å². The lowest BCUT2D eigenvalue weighted by Crippen LogP contribution is -2.55. The van der Waals surface area contributed by atoms with Crippen LogP contribution in [0.25, 0.3) is 0 Å². The molecular weight excluding hydrogens is 190 g/mol. The predicted octanol–water partition coefficient (Wildman–Crippen LogP) is 0.276. The Morgan fingerprint density at radius 2 is 2.20 bits per heavy atom. The highest BCUT2D eigenvalue weighted by atomic mass is 16.2. The molecule has 0 spiro atoms. The quantitative estimate of drug-likeness (QED) is 0.732. The topological polar surface area (TPSA) is 49.6 Å². The first-order valence-corrected chi connectivity index (χ1v) is 5.80. The van der Waals surface area contributed by atoms with E-state index < -0.39 is 0 Å². The highest BCUT2D eigenvalue weighted by molar-refractivity contribution is 5.81. The number of rotatable bonds is 3. The molecule has 0 bridgehead atoms. The Morgan fingerprint density at radius 3 is 2.73 bits per heavy atom. The molecule has 4 nitrogen and oxygen atoms in total. The molecule has 88 valence electrons. The zero-order chi connectivity index (χ0) is 11.4. The van der Waals surface area contributed by atoms with Crippen molar-refractivity contribution in [1.29, 1.82) is 0 Å². The van der Waals surface area contributed by atoms with Crippen molar-refractivity contribution >= 4 is 5.91 Å². The first-order valence-electron chi connectivity index (χ1n) is 5.80. The third-order valence-electron chi connectivity index (χ3n) is 3.19. The normalized spacial score (nSPS) is 25.3. The van der Waals surface area contributed by atoms with E-state index in [0.29, 0.717) is 6.04 Å². The molecule has 1 aliphatic rings. The first kappa shape index (κ1) is 12.5. The van der Waals surface area contributed by atoms with E-state index in [1.165, 1.54) is 0 Å². The number of hydrogen-bond acceptors (Lipinski definition) is 3. The van der Waals surface area contributed by atoms with Crippen molar-refractivity contribution in [3.05, 3.63) is 0 Å². The molecule has 1 heterocycles. The summed E-state index contributed by atoms with van der Waals surface area (Å²) in [5.74, 6) is 0.122. The number of likely N-dealkylation sites (N-methyl/N-ethyl adjacent to an activating group) is 1. The number of carbonyl (C=O) groups excluding carboxylic acids is 1. The number of amides is 1. The fourth-order valence-corrected chi connectivity index (χ4v) is 1.92. The van der Waals surface area contributed by atoms with Crippen LogP contribution in [0.3, 0.4) is 0 Å². The van der Waals surface area contributed by atoms with Gasteiger partial charge in [-0.15, -0.1) is 0 Å². The zero-order valence-electron chi connectivity index (χ0n) is 10.1. The molecule has 0 aromatic heterocycles. The molecule has 2 atom stereocenters. The van der Waals surface area contributed by atoms with Crippen LogP contribution < -0.4 is 5.73 Å². The zero-order valence-corrected chi connectivity index (χ0v) is 10.1. The van der Waals surface area contributed by atoms with Crippen LogP contribution in [-0.4, -0.2) is 54.5 Å². The maximum atomic E-state index is 11.9. The Kier molecular flexibility index (Phi) is 4.54. The van der Waals surface area contributed by atoms with Gasteiger partial charge in [0.1, 0.15) is 0 Å². The van der Waals surface area contributed by atoms with Crippen molar-refractivity contribution < 1.29 is 4.79 Å². The fraction of sp³-hybridized carbons (Fsp3) is 0.909. The number of nitrogens with zero attached hydrogens (tertiary/aromatic N) is 2. The third-order valence-corrected chi connectivity index (χ3v) is 3.19. The molecule has 0 saturated carbocycles. The molecular formula is C11H23N3O. The predicted molar refractivity (Wildman–Crippen MR) is 61.6 cm³/mol. The summed E-state index contributed by atoms with van der Waals surface area (Å²) < 4.78 is 0. The Balaban J connectivity index is 2.47. The van der Waals surface area contributed by atoms with Gasteiger partial charge < -0.3 is 15.5 Å². The van der Waals surface area contributed by atoms with Crippen molar-refractivity contribution in [1.82, 2.24) is 9.80 Å². The second-order valence-corrected chi connectivity index (χ2v) is 4.51. The van der Waals surface area contributed by atoms with Gasteiger partial charge in [0.05, 0.1) is 6.04 Å². The van der Waals surface area contributed by atoms with E-state index in [-0.39, 0.29) is 11.9 Å². The van der Waals surface area contributed by atoms with Crippen LogP contribution in [-0.2, 0) is 4.79 Å². The lowest BCUT2D eigenvalue weighted by molar-refractivity contribution is -0.135. The van der Waals surface area contributed by atoms with Crippen LogP contribution in [0.15, 0.2) is 0 Å². The first-order chi connectivity index (χ1) is 7.06. The number of nitrogens with two attached hydrogens (primary N) is 1. The summed E-state index contributed by atoms with van der Waals surface area (Å²) in [5.41, 5.74) is 5.83. The highest BCUT2D eigenvalue weighted by Gasteiger charge is 2.26. The Morgan fingerprint density at radius 1 is 1.53 bits per heavy atom. The van der Waals surface area contributed by atoms with E-state index in [4.69, 9.17) is 5.73 Å². The maximum Gasteiger partial charge on any atom is 0.239 e. The molecule has 0 aliphatic carbocycles. The Hall–Kier alpha value is -0.610. The van der Waals surface area contributed by atoms with Crippen LogP contribution in [0.1, 0.15) is 26.7 Å². The monoisotopic (exact) mass is 213 g/mol. The van der Waals surface area contributed by atoms with Gasteiger partial charge in [0.25, 0.3) is 0 Å². The van der Waals surface area contributed by atoms with Gasteiger partial charge >= 0.3 is 0 Å². The standard InChI is InChI=1S/C11H23N3O/c1-4-5-10(12)11(15)14-7-6-13(3)9(2)8-14/h9-10H,4-8,12H2,1-3H3. The van der Waals surface area contributed by atoms with Gasteiger partial charge in [-0.1, -0.05) is 13.3 Å². The molecule has 2 N–H and O–H groups in total. The molecule has 1 rings (SSSR count). The summed E-state index contributed by atoms with van der Waals surface area (Å²) in [5, 5.41) is 0. The largest absolute Gasteiger partial charge is 0.339 e. The van der Waals surface area contributed by atoms with E-state index in [9.17, 15) is 4.79 Å². The molecule has 1 fully saturated rings. The van der Waals surface area contributed by atoms with E-state index in [2.05, 4.69) is 25.8 Å². The van der Waals surface area contributed by atoms with Crippen molar-refractivity contribution in [3.8, 4) is 0 Å². The van der Waals surface area contributed by atoms with E-state index in [0.717, 1.165) is 32.5 Å². The average molecular weight is 213 g/mol. The fourth-order valence-electron chi connectivity index (χ4n) is 1.92. The number of hydrogen-bond donors (Lipinski definition) is 1. The maximum absolute atomic E-state index is 11.9. The smallest absolute Gasteiger partial charge is 0.239 e. The SMILES string of the molecule is CCCC(N)C(=O)N1CCN(C)C(C)C1. The highest BCUT2D eigenvalue weighted by Crippen LogP contribution is 2.09. The van der Waals surface area contributed by atoms with Gasteiger partial charge in [0, 0.05) is 25.7 Å². The summed E-state index contributed by atoms with van der Waals surface area (Å²) in [7, 11) is 2.10. The van der Waals surface area contributed by atoms with E-state index in [1.54, 1.807) is 0 Å². The molecule has 0 radical (unpaired) electrons. The summed E-state index contributed by atoms with van der Waals surface area (Å²) in [4.78, 5) is 16.1. The van der Waals surface area contributed by atoms with Crippen molar-refractivity contribution in [2.24, 2.45) is 5.73 Å². The summed E-state index contributed by atoms with van der Waals surface area (Å²) in [6, 6.07) is 0.141. The summed E-state index contributed by atoms with van der Waals surface area (Å²) in [6.45, 7) is 6.78. The molecule has 1 saturated heterocycles. The second-order valence-electron chi connectivity index (χ2n) is 4.51. The lowest BCUT2D eigenvalue weighted by Gasteiger charge is -2.38. The van der Waals surface area contributed by atoms with Crippen LogP contribution in [0.4, 0.5) is 0 Å². The molecule has 1 aliphatic heterocycles. The Labute approximate surface area is 92.4 Å². The van der Waals surface area contributed by atoms with Gasteiger partial charge in [-0.25, -0.2) is 0 Å². The molecule has 4 heteroatoms. The van der Waals surface area contributed by atoms with E-state index in [1.807, 2.05) is 4.90 Å².